The Kier molecular flexibility index (Phi) is 65.9. The summed E-state index contributed by atoms with van der Waals surface area (Å²) >= 11 is 0. The van der Waals surface area contributed by atoms with Crippen LogP contribution in [-0.2, 0) is 14.3 Å². The quantitative estimate of drug-likeness (QED) is 0.0320. The number of ether oxygens (including phenoxy) is 1. The van der Waals surface area contributed by atoms with Gasteiger partial charge in [0.25, 0.3) is 0 Å². The zero-order valence-electron chi connectivity index (χ0n) is 52.5. The molecule has 2 unspecified atom stereocenters. The van der Waals surface area contributed by atoms with Crippen LogP contribution in [0.15, 0.2) is 12.2 Å². The lowest BCUT2D eigenvalue weighted by molar-refractivity contribution is -0.143. The molecule has 0 radical (unpaired) electrons. The van der Waals surface area contributed by atoms with Gasteiger partial charge < -0.3 is 20.3 Å². The Morgan fingerprint density at radius 3 is 0.883 bits per heavy atom. The maximum Gasteiger partial charge on any atom is 0.305 e. The summed E-state index contributed by atoms with van der Waals surface area (Å²) in [5.74, 6) is -0.0493. The van der Waals surface area contributed by atoms with Gasteiger partial charge in [0.05, 0.1) is 25.4 Å². The van der Waals surface area contributed by atoms with Gasteiger partial charge in [-0.3, -0.25) is 9.59 Å². The second-order valence-corrected chi connectivity index (χ2v) is 24.6. The number of amides is 1. The maximum absolute atomic E-state index is 12.5. The summed E-state index contributed by atoms with van der Waals surface area (Å²) in [6.45, 7) is 4.95. The van der Waals surface area contributed by atoms with Gasteiger partial charge in [-0.05, 0) is 32.1 Å². The van der Waals surface area contributed by atoms with Gasteiger partial charge in [0.15, 0.2) is 0 Å². The summed E-state index contributed by atoms with van der Waals surface area (Å²) in [5.41, 5.74) is 0. The van der Waals surface area contributed by atoms with Crippen molar-refractivity contribution in [3.8, 4) is 0 Å². The molecule has 0 fully saturated rings. The van der Waals surface area contributed by atoms with Crippen molar-refractivity contribution in [3.63, 3.8) is 0 Å². The first-order chi connectivity index (χ1) is 38.0. The molecule has 6 nitrogen and oxygen atoms in total. The van der Waals surface area contributed by atoms with Crippen molar-refractivity contribution < 1.29 is 24.5 Å². The molecule has 1 amide bonds. The van der Waals surface area contributed by atoms with Crippen LogP contribution in [0.5, 0.6) is 0 Å². The zero-order valence-corrected chi connectivity index (χ0v) is 52.5. The van der Waals surface area contributed by atoms with Crippen LogP contribution in [0.3, 0.4) is 0 Å². The molecule has 0 aromatic rings. The van der Waals surface area contributed by atoms with E-state index in [0.29, 0.717) is 19.4 Å². The summed E-state index contributed by atoms with van der Waals surface area (Å²) in [6.07, 6.45) is 82.8. The SMILES string of the molecule is CCCCCCCCCCCCCCCCCCCCCC/C=C/C(O)C(CO)NC(=O)CCCCCCCCCCCCCCCCCCCCCCOC(=O)CCCCCCCCCCCCCCCCCCCC. The third-order valence-corrected chi connectivity index (χ3v) is 16.8. The molecule has 0 aromatic carbocycles. The van der Waals surface area contributed by atoms with E-state index >= 15 is 0 Å². The molecule has 6 heteroatoms. The van der Waals surface area contributed by atoms with Crippen LogP contribution in [0.4, 0.5) is 0 Å². The molecule has 77 heavy (non-hydrogen) atoms. The van der Waals surface area contributed by atoms with E-state index in [4.69, 9.17) is 4.74 Å². The fraction of sp³-hybridized carbons (Fsp3) is 0.944. The first-order valence-electron chi connectivity index (χ1n) is 35.5. The van der Waals surface area contributed by atoms with E-state index in [2.05, 4.69) is 19.2 Å². The number of aliphatic hydroxyl groups excluding tert-OH is 2. The zero-order chi connectivity index (χ0) is 55.7. The fourth-order valence-electron chi connectivity index (χ4n) is 11.4. The molecule has 0 saturated heterocycles. The molecule has 0 aliphatic carbocycles. The molecule has 0 spiro atoms. The minimum Gasteiger partial charge on any atom is -0.466 e. The van der Waals surface area contributed by atoms with Gasteiger partial charge in [0, 0.05) is 12.8 Å². The molecule has 458 valence electrons. The number of carbonyl (C=O) groups is 2. The Bertz CT molecular complexity index is 1160. The van der Waals surface area contributed by atoms with Crippen LogP contribution in [0.2, 0.25) is 0 Å². The predicted molar refractivity (Wildman–Crippen MR) is 338 cm³/mol. The highest BCUT2D eigenvalue weighted by atomic mass is 16.5. The fourth-order valence-corrected chi connectivity index (χ4v) is 11.4. The summed E-state index contributed by atoms with van der Waals surface area (Å²) in [6, 6.07) is -0.630. The molecule has 0 aliphatic heterocycles. The number of esters is 1. The van der Waals surface area contributed by atoms with E-state index in [0.717, 1.165) is 38.5 Å². The first kappa shape index (κ1) is 75.6. The minimum absolute atomic E-state index is 0.0156. The Hall–Kier alpha value is -1.40. The van der Waals surface area contributed by atoms with E-state index in [1.165, 1.54) is 340 Å². The second kappa shape index (κ2) is 67.1. The van der Waals surface area contributed by atoms with Crippen LogP contribution < -0.4 is 5.32 Å². The molecule has 0 saturated carbocycles. The second-order valence-electron chi connectivity index (χ2n) is 24.6. The average molecular weight is 1090 g/mol. The number of unbranched alkanes of at least 4 members (excludes halogenated alkanes) is 56. The van der Waals surface area contributed by atoms with Crippen molar-refractivity contribution in [3.05, 3.63) is 12.2 Å². The highest BCUT2D eigenvalue weighted by Gasteiger charge is 2.18. The predicted octanol–water partition coefficient (Wildman–Crippen LogP) is 22.8. The Morgan fingerprint density at radius 2 is 0.597 bits per heavy atom. The maximum atomic E-state index is 12.5. The standard InChI is InChI=1S/C71H139NO5/c1-3-5-7-9-11-13-15-17-19-21-23-24-25-28-31-35-39-43-47-51-55-59-63-69(74)68(67-73)72-70(75)64-60-56-52-48-44-40-36-32-29-26-27-30-34-38-42-46-50-54-58-62-66-77-71(76)65-61-57-53-49-45-41-37-33-22-20-18-16-14-12-10-8-6-4-2/h59,63,68-69,73-74H,3-58,60-62,64-67H2,1-2H3,(H,72,75)/b63-59+. The van der Waals surface area contributed by atoms with Crippen molar-refractivity contribution >= 4 is 11.9 Å². The summed E-state index contributed by atoms with van der Waals surface area (Å²) in [5, 5.41) is 23.3. The van der Waals surface area contributed by atoms with Gasteiger partial charge in [-0.1, -0.05) is 373 Å². The van der Waals surface area contributed by atoms with E-state index < -0.39 is 12.1 Å². The van der Waals surface area contributed by atoms with E-state index in [9.17, 15) is 19.8 Å². The molecule has 2 atom stereocenters. The molecule has 3 N–H and O–H groups in total. The summed E-state index contributed by atoms with van der Waals surface area (Å²) in [4.78, 5) is 24.6. The smallest absolute Gasteiger partial charge is 0.305 e. The molecule has 0 aliphatic rings. The summed E-state index contributed by atoms with van der Waals surface area (Å²) in [7, 11) is 0. The largest absolute Gasteiger partial charge is 0.466 e. The molecule has 0 bridgehead atoms. The number of aliphatic hydroxyl groups is 2. The Balaban J connectivity index is 3.39. The Morgan fingerprint density at radius 1 is 0.351 bits per heavy atom. The van der Waals surface area contributed by atoms with Crippen LogP contribution >= 0.6 is 0 Å². The number of allylic oxidation sites excluding steroid dienone is 1. The van der Waals surface area contributed by atoms with Gasteiger partial charge in [-0.2, -0.15) is 0 Å². The lowest BCUT2D eigenvalue weighted by Gasteiger charge is -2.20. The highest BCUT2D eigenvalue weighted by Crippen LogP contribution is 2.19. The topological polar surface area (TPSA) is 95.9 Å². The number of carbonyl (C=O) groups excluding carboxylic acids is 2. The molecule has 0 heterocycles. The third-order valence-electron chi connectivity index (χ3n) is 16.8. The van der Waals surface area contributed by atoms with Crippen LogP contribution in [-0.4, -0.2) is 47.4 Å². The van der Waals surface area contributed by atoms with Crippen molar-refractivity contribution in [2.24, 2.45) is 0 Å². The van der Waals surface area contributed by atoms with Gasteiger partial charge in [0.1, 0.15) is 0 Å². The first-order valence-corrected chi connectivity index (χ1v) is 35.5. The number of nitrogens with one attached hydrogen (secondary N) is 1. The molecule has 0 aromatic heterocycles. The van der Waals surface area contributed by atoms with E-state index in [1.54, 1.807) is 6.08 Å². The van der Waals surface area contributed by atoms with Gasteiger partial charge in [-0.25, -0.2) is 0 Å². The van der Waals surface area contributed by atoms with Gasteiger partial charge in [0.2, 0.25) is 5.91 Å². The number of rotatable bonds is 67. The lowest BCUT2D eigenvalue weighted by Crippen LogP contribution is -2.45. The van der Waals surface area contributed by atoms with Crippen LogP contribution in [0, 0.1) is 0 Å². The average Bonchev–Trinajstić information content (AvgIpc) is 3.43. The van der Waals surface area contributed by atoms with Crippen molar-refractivity contribution in [1.29, 1.82) is 0 Å². The van der Waals surface area contributed by atoms with Gasteiger partial charge >= 0.3 is 5.97 Å². The van der Waals surface area contributed by atoms with Crippen molar-refractivity contribution in [2.75, 3.05) is 13.2 Å². The number of hydrogen-bond acceptors (Lipinski definition) is 5. The molecular weight excluding hydrogens is 947 g/mol. The van der Waals surface area contributed by atoms with E-state index in [1.807, 2.05) is 6.08 Å². The van der Waals surface area contributed by atoms with Crippen molar-refractivity contribution in [2.45, 2.75) is 418 Å². The normalized spacial score (nSPS) is 12.5. The van der Waals surface area contributed by atoms with Gasteiger partial charge in [-0.15, -0.1) is 0 Å². The third kappa shape index (κ3) is 63.6. The molecular formula is C71H139NO5. The summed E-state index contributed by atoms with van der Waals surface area (Å²) < 4.78 is 5.51. The lowest BCUT2D eigenvalue weighted by atomic mass is 10.0. The Labute approximate surface area is 482 Å². The van der Waals surface area contributed by atoms with Crippen LogP contribution in [0.1, 0.15) is 406 Å². The highest BCUT2D eigenvalue weighted by molar-refractivity contribution is 5.76. The van der Waals surface area contributed by atoms with Crippen molar-refractivity contribution in [1.82, 2.24) is 5.32 Å². The van der Waals surface area contributed by atoms with Crippen LogP contribution in [0.25, 0.3) is 0 Å². The minimum atomic E-state index is -0.846. The number of hydrogen-bond donors (Lipinski definition) is 3. The molecule has 0 rings (SSSR count). The monoisotopic (exact) mass is 1090 g/mol. The van der Waals surface area contributed by atoms with E-state index in [-0.39, 0.29) is 18.5 Å².